The average molecular weight is 583 g/mol. The van der Waals surface area contributed by atoms with Crippen LogP contribution < -0.4 is 14.4 Å². The van der Waals surface area contributed by atoms with Crippen LogP contribution in [0.25, 0.3) is 0 Å². The van der Waals surface area contributed by atoms with Gasteiger partial charge in [0.2, 0.25) is 21.8 Å². The van der Waals surface area contributed by atoms with Gasteiger partial charge in [0, 0.05) is 30.0 Å². The average Bonchev–Trinajstić information content (AvgIpc) is 2.84. The second-order valence-corrected chi connectivity index (χ2v) is 11.6. The molecule has 0 aliphatic rings. The summed E-state index contributed by atoms with van der Waals surface area (Å²) in [4.78, 5) is 27.8. The Balaban J connectivity index is 2.19. The van der Waals surface area contributed by atoms with E-state index in [0.29, 0.717) is 11.4 Å². The fraction of sp³-hybridized carbons (Fsp3) is 0.462. The number of hydrogen-bond acceptors (Lipinski definition) is 5. The molecule has 0 aromatic heterocycles. The second-order valence-electron chi connectivity index (χ2n) is 8.75. The molecule has 0 radical (unpaired) electrons. The normalized spacial score (nSPS) is 12.9. The van der Waals surface area contributed by atoms with Crippen LogP contribution in [0.5, 0.6) is 5.75 Å². The van der Waals surface area contributed by atoms with E-state index in [-0.39, 0.29) is 43.8 Å². The molecule has 0 aliphatic carbocycles. The van der Waals surface area contributed by atoms with Crippen molar-refractivity contribution >= 4 is 43.5 Å². The summed E-state index contributed by atoms with van der Waals surface area (Å²) < 4.78 is 32.5. The Morgan fingerprint density at radius 3 is 2.31 bits per heavy atom. The van der Waals surface area contributed by atoms with Crippen molar-refractivity contribution < 1.29 is 22.7 Å². The highest BCUT2D eigenvalue weighted by molar-refractivity contribution is 9.10. The lowest BCUT2D eigenvalue weighted by molar-refractivity contribution is -0.140. The molecule has 2 aromatic rings. The van der Waals surface area contributed by atoms with E-state index in [1.165, 1.54) is 11.4 Å². The van der Waals surface area contributed by atoms with Crippen molar-refractivity contribution in [2.45, 2.75) is 58.7 Å². The van der Waals surface area contributed by atoms with Crippen LogP contribution >= 0.6 is 15.9 Å². The Hall–Kier alpha value is -2.59. The maximum Gasteiger partial charge on any atom is 0.242 e. The van der Waals surface area contributed by atoms with Crippen molar-refractivity contribution in [1.29, 1.82) is 0 Å². The first-order chi connectivity index (χ1) is 17.0. The molecule has 2 amide bonds. The van der Waals surface area contributed by atoms with Crippen molar-refractivity contribution in [2.75, 3.05) is 24.2 Å². The molecule has 8 nitrogen and oxygen atoms in total. The summed E-state index contributed by atoms with van der Waals surface area (Å²) in [6.07, 6.45) is 2.27. The monoisotopic (exact) mass is 581 g/mol. The molecule has 2 aromatic carbocycles. The van der Waals surface area contributed by atoms with Gasteiger partial charge in [0.15, 0.2) is 0 Å². The molecule has 198 valence electrons. The lowest BCUT2D eigenvalue weighted by atomic mass is 10.1. The Morgan fingerprint density at radius 2 is 1.72 bits per heavy atom. The third kappa shape index (κ3) is 8.51. The molecular weight excluding hydrogens is 546 g/mol. The molecule has 0 spiro atoms. The van der Waals surface area contributed by atoms with Gasteiger partial charge in [0.05, 0.1) is 19.1 Å². The molecule has 1 N–H and O–H groups in total. The molecule has 0 unspecified atom stereocenters. The smallest absolute Gasteiger partial charge is 0.242 e. The summed E-state index contributed by atoms with van der Waals surface area (Å²) in [6.45, 7) is 5.99. The first-order valence-corrected chi connectivity index (χ1v) is 14.6. The number of rotatable bonds is 13. The van der Waals surface area contributed by atoms with Crippen LogP contribution in [0.15, 0.2) is 53.0 Å². The fourth-order valence-corrected chi connectivity index (χ4v) is 4.89. The number of amides is 2. The third-order valence-corrected chi connectivity index (χ3v) is 7.65. The summed E-state index contributed by atoms with van der Waals surface area (Å²) >= 11 is 3.41. The number of halogens is 1. The van der Waals surface area contributed by atoms with Crippen molar-refractivity contribution in [3.05, 3.63) is 58.6 Å². The Labute approximate surface area is 223 Å². The van der Waals surface area contributed by atoms with Gasteiger partial charge in [-0.25, -0.2) is 8.42 Å². The van der Waals surface area contributed by atoms with Crippen LogP contribution in [-0.4, -0.2) is 57.1 Å². The predicted octanol–water partition coefficient (Wildman–Crippen LogP) is 4.34. The zero-order chi connectivity index (χ0) is 26.9. The molecule has 0 aliphatic heterocycles. The molecule has 0 saturated carbocycles. The molecule has 10 heteroatoms. The maximum absolute atomic E-state index is 13.4. The number of carbonyl (C=O) groups is 2. The van der Waals surface area contributed by atoms with Gasteiger partial charge >= 0.3 is 0 Å². The number of ether oxygens (including phenoxy) is 1. The summed E-state index contributed by atoms with van der Waals surface area (Å²) in [5.41, 5.74) is 1.31. The molecule has 36 heavy (non-hydrogen) atoms. The van der Waals surface area contributed by atoms with E-state index in [1.807, 2.05) is 38.1 Å². The number of nitrogens with zero attached hydrogens (tertiary/aromatic N) is 2. The summed E-state index contributed by atoms with van der Waals surface area (Å²) in [6, 6.07) is 13.7. The van der Waals surface area contributed by atoms with E-state index in [1.54, 1.807) is 36.1 Å². The molecule has 0 heterocycles. The third-order valence-electron chi connectivity index (χ3n) is 5.94. The number of anilines is 1. The number of nitrogens with one attached hydrogen (secondary N) is 1. The van der Waals surface area contributed by atoms with Crippen molar-refractivity contribution in [3.8, 4) is 5.75 Å². The highest BCUT2D eigenvalue weighted by Crippen LogP contribution is 2.29. The van der Waals surface area contributed by atoms with Gasteiger partial charge in [0.1, 0.15) is 11.8 Å². The van der Waals surface area contributed by atoms with E-state index in [4.69, 9.17) is 4.74 Å². The van der Waals surface area contributed by atoms with Gasteiger partial charge in [-0.3, -0.25) is 13.9 Å². The van der Waals surface area contributed by atoms with E-state index in [0.717, 1.165) is 22.7 Å². The number of para-hydroxylation sites is 2. The quantitative estimate of drug-likeness (QED) is 0.379. The zero-order valence-corrected chi connectivity index (χ0v) is 23.9. The van der Waals surface area contributed by atoms with Crippen LogP contribution in [0.2, 0.25) is 0 Å². The van der Waals surface area contributed by atoms with Gasteiger partial charge < -0.3 is 15.0 Å². The topological polar surface area (TPSA) is 96.0 Å². The van der Waals surface area contributed by atoms with Crippen LogP contribution in [0, 0.1) is 0 Å². The van der Waals surface area contributed by atoms with Crippen molar-refractivity contribution in [3.63, 3.8) is 0 Å². The molecule has 2 rings (SSSR count). The summed E-state index contributed by atoms with van der Waals surface area (Å²) in [5.74, 6) is -0.0127. The lowest BCUT2D eigenvalue weighted by Crippen LogP contribution is -2.49. The van der Waals surface area contributed by atoms with Crippen LogP contribution in [-0.2, 0) is 26.2 Å². The van der Waals surface area contributed by atoms with E-state index in [2.05, 4.69) is 21.2 Å². The molecular formula is C26H36BrN3O5S. The number of sulfonamides is 1. The van der Waals surface area contributed by atoms with Gasteiger partial charge in [-0.05, 0) is 56.5 Å². The van der Waals surface area contributed by atoms with Crippen molar-refractivity contribution in [2.24, 2.45) is 0 Å². The Kier molecular flexibility index (Phi) is 11.2. The zero-order valence-electron chi connectivity index (χ0n) is 21.5. The maximum atomic E-state index is 13.4. The van der Waals surface area contributed by atoms with Crippen LogP contribution in [0.3, 0.4) is 0 Å². The highest BCUT2D eigenvalue weighted by atomic mass is 79.9. The van der Waals surface area contributed by atoms with Gasteiger partial charge in [-0.2, -0.15) is 0 Å². The largest absolute Gasteiger partial charge is 0.495 e. The predicted molar refractivity (Wildman–Crippen MR) is 146 cm³/mol. The molecule has 0 fully saturated rings. The number of carbonyl (C=O) groups excluding carboxylic acids is 2. The summed E-state index contributed by atoms with van der Waals surface area (Å²) in [5, 5.41) is 2.95. The number of hydrogen-bond donors (Lipinski definition) is 1. The second kappa shape index (κ2) is 13.6. The summed E-state index contributed by atoms with van der Waals surface area (Å²) in [7, 11) is -2.13. The van der Waals surface area contributed by atoms with Crippen LogP contribution in [0.4, 0.5) is 5.69 Å². The lowest BCUT2D eigenvalue weighted by Gasteiger charge is -2.30. The Morgan fingerprint density at radius 1 is 1.08 bits per heavy atom. The van der Waals surface area contributed by atoms with Gasteiger partial charge in [0.25, 0.3) is 0 Å². The van der Waals surface area contributed by atoms with Crippen LogP contribution in [0.1, 0.15) is 45.6 Å². The van der Waals surface area contributed by atoms with E-state index < -0.39 is 16.1 Å². The highest BCUT2D eigenvalue weighted by Gasteiger charge is 2.27. The fourth-order valence-electron chi connectivity index (χ4n) is 3.65. The van der Waals surface area contributed by atoms with Gasteiger partial charge in [-0.15, -0.1) is 0 Å². The molecule has 0 saturated heterocycles. The standard InChI is InChI=1S/C26H36BrN3O5S/c1-6-19(2)28-26(32)20(3)29(18-21-13-15-22(27)16-14-21)25(31)12-9-17-30(36(5,33)34)23-10-7-8-11-24(23)35-4/h7-8,10-11,13-16,19-20H,6,9,12,17-18H2,1-5H3,(H,28,32)/t19-,20+/m0/s1. The minimum atomic E-state index is -3.61. The minimum Gasteiger partial charge on any atom is -0.495 e. The first-order valence-electron chi connectivity index (χ1n) is 11.9. The Bertz CT molecular complexity index is 1120. The first kappa shape index (κ1) is 29.6. The number of benzene rings is 2. The van der Waals surface area contributed by atoms with Gasteiger partial charge in [-0.1, -0.05) is 47.1 Å². The molecule has 2 atom stereocenters. The van der Waals surface area contributed by atoms with Crippen molar-refractivity contribution in [1.82, 2.24) is 10.2 Å². The molecule has 0 bridgehead atoms. The minimum absolute atomic E-state index is 0.00578. The van der Waals surface area contributed by atoms with E-state index >= 15 is 0 Å². The number of methoxy groups -OCH3 is 1. The SMILES string of the molecule is CC[C@H](C)NC(=O)[C@@H](C)N(Cc1ccc(Br)cc1)C(=O)CCCN(c1ccccc1OC)S(C)(=O)=O. The van der Waals surface area contributed by atoms with E-state index in [9.17, 15) is 18.0 Å².